The van der Waals surface area contributed by atoms with Crippen molar-refractivity contribution in [2.45, 2.75) is 12.4 Å². The molecule has 0 aliphatic carbocycles. The molecule has 0 aliphatic heterocycles. The van der Waals surface area contributed by atoms with Crippen LogP contribution in [0.3, 0.4) is 0 Å². The molecule has 11 heteroatoms. The van der Waals surface area contributed by atoms with E-state index in [9.17, 15) is 35.1 Å². The van der Waals surface area contributed by atoms with E-state index < -0.39 is 46.5 Å². The maximum absolute atomic E-state index is 13.9. The fourth-order valence-electron chi connectivity index (χ4n) is 1.94. The minimum absolute atomic E-state index is 0.0742. The number of hydrazine groups is 1. The van der Waals surface area contributed by atoms with Crippen molar-refractivity contribution in [2.75, 3.05) is 10.9 Å². The van der Waals surface area contributed by atoms with E-state index >= 15 is 0 Å². The van der Waals surface area contributed by atoms with Gasteiger partial charge in [-0.15, -0.1) is 0 Å². The van der Waals surface area contributed by atoms with Crippen molar-refractivity contribution in [3.05, 3.63) is 56.7 Å². The van der Waals surface area contributed by atoms with Crippen LogP contribution in [-0.2, 0) is 12.4 Å². The smallest absolute Gasteiger partial charge is 0.297 e. The summed E-state index contributed by atoms with van der Waals surface area (Å²) in [6, 6.07) is 3.33. The molecule has 2 rings (SSSR count). The molecule has 0 heterocycles. The number of rotatable bonds is 3. The molecule has 25 heavy (non-hydrogen) atoms. The van der Waals surface area contributed by atoms with Crippen LogP contribution < -0.4 is 10.9 Å². The van der Waals surface area contributed by atoms with Crippen LogP contribution in [0.15, 0.2) is 30.3 Å². The number of hydrogen-bond acceptors (Lipinski definition) is 2. The lowest BCUT2D eigenvalue weighted by molar-refractivity contribution is -0.138. The zero-order valence-electron chi connectivity index (χ0n) is 11.8. The van der Waals surface area contributed by atoms with Crippen molar-refractivity contribution in [2.24, 2.45) is 0 Å². The molecule has 0 unspecified atom stereocenters. The first-order chi connectivity index (χ1) is 11.4. The Morgan fingerprint density at radius 3 is 1.76 bits per heavy atom. The molecule has 0 bridgehead atoms. The quantitative estimate of drug-likeness (QED) is 0.317. The monoisotopic (exact) mass is 482 g/mol. The lowest BCUT2D eigenvalue weighted by atomic mass is 10.1. The van der Waals surface area contributed by atoms with Crippen molar-refractivity contribution in [3.63, 3.8) is 0 Å². The molecule has 2 N–H and O–H groups in total. The number of para-hydroxylation sites is 1. The van der Waals surface area contributed by atoms with Gasteiger partial charge in [-0.2, -0.15) is 26.3 Å². The Labute approximate surface area is 149 Å². The van der Waals surface area contributed by atoms with Gasteiger partial charge in [0.05, 0.1) is 11.1 Å². The first-order valence-electron chi connectivity index (χ1n) is 6.35. The second-order valence-electron chi connectivity index (χ2n) is 4.72. The van der Waals surface area contributed by atoms with Crippen LogP contribution in [0.4, 0.5) is 46.5 Å². The van der Waals surface area contributed by atoms with Crippen molar-refractivity contribution in [1.29, 1.82) is 0 Å². The van der Waals surface area contributed by atoms with E-state index in [4.69, 9.17) is 0 Å². The van der Waals surface area contributed by atoms with Crippen LogP contribution in [0.25, 0.3) is 0 Å². The van der Waals surface area contributed by atoms with Crippen LogP contribution >= 0.6 is 22.6 Å². The largest absolute Gasteiger partial charge is 0.418 e. The Morgan fingerprint density at radius 2 is 1.24 bits per heavy atom. The number of halogens is 9. The fourth-order valence-corrected chi connectivity index (χ4v) is 2.52. The van der Waals surface area contributed by atoms with Gasteiger partial charge in [0, 0.05) is 3.57 Å². The molecule has 0 saturated heterocycles. The average molecular weight is 482 g/mol. The molecule has 2 aromatic carbocycles. The van der Waals surface area contributed by atoms with E-state index in [0.717, 1.165) is 12.1 Å². The minimum atomic E-state index is -4.98. The number of anilines is 2. The van der Waals surface area contributed by atoms with Crippen LogP contribution in [0.2, 0.25) is 0 Å². The van der Waals surface area contributed by atoms with Gasteiger partial charge in [0.15, 0.2) is 0 Å². The molecule has 2 nitrogen and oxygen atoms in total. The summed E-state index contributed by atoms with van der Waals surface area (Å²) in [6.07, 6.45) is -9.95. The normalized spacial score (nSPS) is 12.2. The van der Waals surface area contributed by atoms with Crippen LogP contribution in [0.5, 0.6) is 0 Å². The number of alkyl halides is 6. The molecule has 0 atom stereocenters. The fraction of sp³-hybridized carbons (Fsp3) is 0.143. The standard InChI is InChI=1S/C14H7F8IN2/c15-9-3-1-2-7(13(17,18)19)11(9)24-25-12-8(14(20,21)22)4-6(23)5-10(12)16/h1-5,24-25H. The summed E-state index contributed by atoms with van der Waals surface area (Å²) >= 11 is 1.45. The van der Waals surface area contributed by atoms with Gasteiger partial charge in [0.1, 0.15) is 23.0 Å². The van der Waals surface area contributed by atoms with E-state index in [1.54, 1.807) is 10.9 Å². The number of hydrogen-bond donors (Lipinski definition) is 2. The first kappa shape index (κ1) is 19.5. The van der Waals surface area contributed by atoms with E-state index in [-0.39, 0.29) is 3.57 Å². The molecule has 2 aromatic rings. The summed E-state index contributed by atoms with van der Waals surface area (Å²) < 4.78 is 105. The van der Waals surface area contributed by atoms with Gasteiger partial charge in [-0.05, 0) is 46.9 Å². The zero-order valence-corrected chi connectivity index (χ0v) is 13.9. The molecule has 0 radical (unpaired) electrons. The predicted molar refractivity (Wildman–Crippen MR) is 82.8 cm³/mol. The molecule has 0 saturated carbocycles. The summed E-state index contributed by atoms with van der Waals surface area (Å²) in [7, 11) is 0. The van der Waals surface area contributed by atoms with Gasteiger partial charge < -0.3 is 0 Å². The molecular formula is C14H7F8IN2. The minimum Gasteiger partial charge on any atom is -0.297 e. The highest BCUT2D eigenvalue weighted by Crippen LogP contribution is 2.39. The number of benzene rings is 2. The third-order valence-corrected chi connectivity index (χ3v) is 3.61. The summed E-state index contributed by atoms with van der Waals surface area (Å²) in [5.74, 6) is -2.74. The van der Waals surface area contributed by atoms with Crippen molar-refractivity contribution >= 4 is 34.0 Å². The van der Waals surface area contributed by atoms with E-state index in [1.165, 1.54) is 22.6 Å². The van der Waals surface area contributed by atoms with Gasteiger partial charge in [-0.25, -0.2) is 8.78 Å². The van der Waals surface area contributed by atoms with Crippen LogP contribution in [0, 0.1) is 15.2 Å². The van der Waals surface area contributed by atoms with Gasteiger partial charge >= 0.3 is 12.4 Å². The van der Waals surface area contributed by atoms with Crippen molar-refractivity contribution in [1.82, 2.24) is 0 Å². The van der Waals surface area contributed by atoms with Crippen LogP contribution in [-0.4, -0.2) is 0 Å². The molecule has 0 aliphatic rings. The summed E-state index contributed by atoms with van der Waals surface area (Å²) in [4.78, 5) is 0. The van der Waals surface area contributed by atoms with Crippen LogP contribution in [0.1, 0.15) is 11.1 Å². The molecule has 0 spiro atoms. The molecular weight excluding hydrogens is 475 g/mol. The van der Waals surface area contributed by atoms with Crippen molar-refractivity contribution in [3.8, 4) is 0 Å². The summed E-state index contributed by atoms with van der Waals surface area (Å²) in [5, 5.41) is 0. The highest BCUT2D eigenvalue weighted by molar-refractivity contribution is 14.1. The van der Waals surface area contributed by atoms with E-state index in [0.29, 0.717) is 18.2 Å². The van der Waals surface area contributed by atoms with Gasteiger partial charge in [-0.1, -0.05) is 6.07 Å². The SMILES string of the molecule is Fc1cccc(C(F)(F)F)c1NNc1c(F)cc(I)cc1C(F)(F)F. The Hall–Kier alpha value is -1.79. The maximum atomic E-state index is 13.9. The first-order valence-corrected chi connectivity index (χ1v) is 7.43. The molecule has 0 amide bonds. The Kier molecular flexibility index (Phi) is 5.35. The maximum Gasteiger partial charge on any atom is 0.418 e. The lowest BCUT2D eigenvalue weighted by Gasteiger charge is -2.19. The highest BCUT2D eigenvalue weighted by atomic mass is 127. The van der Waals surface area contributed by atoms with E-state index in [1.807, 2.05) is 0 Å². The Morgan fingerprint density at radius 1 is 0.720 bits per heavy atom. The predicted octanol–water partition coefficient (Wildman–Crippen LogP) is 6.05. The van der Waals surface area contributed by atoms with Gasteiger partial charge in [-0.3, -0.25) is 10.9 Å². The number of nitrogens with one attached hydrogen (secondary N) is 2. The van der Waals surface area contributed by atoms with E-state index in [2.05, 4.69) is 0 Å². The second kappa shape index (κ2) is 6.84. The lowest BCUT2D eigenvalue weighted by Crippen LogP contribution is -2.20. The average Bonchev–Trinajstić information content (AvgIpc) is 2.44. The zero-order chi connectivity index (χ0) is 19.0. The Balaban J connectivity index is 2.45. The Bertz CT molecular complexity index is 786. The summed E-state index contributed by atoms with van der Waals surface area (Å²) in [5.41, 5.74) is -1.82. The van der Waals surface area contributed by atoms with Gasteiger partial charge in [0.2, 0.25) is 0 Å². The second-order valence-corrected chi connectivity index (χ2v) is 5.96. The third-order valence-electron chi connectivity index (χ3n) is 2.99. The molecule has 0 aromatic heterocycles. The highest BCUT2D eigenvalue weighted by Gasteiger charge is 2.37. The topological polar surface area (TPSA) is 24.1 Å². The molecule has 136 valence electrons. The third kappa shape index (κ3) is 4.44. The molecule has 0 fully saturated rings. The van der Waals surface area contributed by atoms with Crippen molar-refractivity contribution < 1.29 is 35.1 Å². The van der Waals surface area contributed by atoms with Gasteiger partial charge in [0.25, 0.3) is 0 Å². The summed E-state index contributed by atoms with van der Waals surface area (Å²) in [6.45, 7) is 0.